The van der Waals surface area contributed by atoms with Crippen molar-refractivity contribution in [3.8, 4) is 6.07 Å². The number of non-ortho nitro benzene ring substituents is 1. The van der Waals surface area contributed by atoms with Crippen molar-refractivity contribution in [3.05, 3.63) is 81.0 Å². The molecule has 148 valence electrons. The van der Waals surface area contributed by atoms with Gasteiger partial charge in [-0.1, -0.05) is 18.2 Å². The van der Waals surface area contributed by atoms with Gasteiger partial charge in [0, 0.05) is 30.1 Å². The largest absolute Gasteiger partial charge is 0.383 e. The van der Waals surface area contributed by atoms with Crippen molar-refractivity contribution in [1.82, 2.24) is 5.32 Å². The molecule has 0 spiro atoms. The van der Waals surface area contributed by atoms with E-state index < -0.39 is 10.8 Å². The van der Waals surface area contributed by atoms with Crippen LogP contribution in [0.3, 0.4) is 0 Å². The SMILES string of the molecule is CC(N/C=C(/C#N)C(=O)Nc1ccc([N+](=O)[O-])cc1)c1ccc2c(c1)CCCC2. The van der Waals surface area contributed by atoms with Gasteiger partial charge in [0.1, 0.15) is 11.6 Å². The Morgan fingerprint density at radius 2 is 1.86 bits per heavy atom. The van der Waals surface area contributed by atoms with E-state index in [1.54, 1.807) is 0 Å². The van der Waals surface area contributed by atoms with Crippen LogP contribution < -0.4 is 10.6 Å². The molecule has 29 heavy (non-hydrogen) atoms. The van der Waals surface area contributed by atoms with Crippen molar-refractivity contribution in [2.75, 3.05) is 5.32 Å². The molecule has 2 aromatic rings. The van der Waals surface area contributed by atoms with E-state index in [9.17, 15) is 20.2 Å². The van der Waals surface area contributed by atoms with Gasteiger partial charge >= 0.3 is 0 Å². The number of benzene rings is 2. The molecule has 1 atom stereocenters. The van der Waals surface area contributed by atoms with Crippen LogP contribution in [0.1, 0.15) is 42.5 Å². The molecule has 2 aromatic carbocycles. The molecule has 0 radical (unpaired) electrons. The molecule has 1 amide bonds. The van der Waals surface area contributed by atoms with E-state index in [2.05, 4.69) is 28.8 Å². The number of amides is 1. The number of carbonyl (C=O) groups excluding carboxylic acids is 1. The van der Waals surface area contributed by atoms with Gasteiger partial charge in [0.05, 0.1) is 4.92 Å². The summed E-state index contributed by atoms with van der Waals surface area (Å²) in [7, 11) is 0. The predicted molar refractivity (Wildman–Crippen MR) is 110 cm³/mol. The van der Waals surface area contributed by atoms with E-state index in [4.69, 9.17) is 0 Å². The highest BCUT2D eigenvalue weighted by atomic mass is 16.6. The standard InChI is InChI=1S/C22H22N4O3/c1-15(17-7-6-16-4-2-3-5-18(16)12-17)24-14-19(13-23)22(27)25-20-8-10-21(11-9-20)26(28)29/h6-12,14-15,24H,2-5H2,1H3,(H,25,27)/b19-14-. The number of rotatable bonds is 6. The molecule has 0 aliphatic heterocycles. The van der Waals surface area contributed by atoms with Crippen LogP contribution in [0.4, 0.5) is 11.4 Å². The van der Waals surface area contributed by atoms with Gasteiger partial charge in [-0.3, -0.25) is 14.9 Å². The lowest BCUT2D eigenvalue weighted by atomic mass is 9.89. The number of hydrogen-bond acceptors (Lipinski definition) is 5. The quantitative estimate of drug-likeness (QED) is 0.333. The van der Waals surface area contributed by atoms with Crippen LogP contribution in [0.25, 0.3) is 0 Å². The minimum Gasteiger partial charge on any atom is -0.383 e. The van der Waals surface area contributed by atoms with Gasteiger partial charge in [0.15, 0.2) is 0 Å². The van der Waals surface area contributed by atoms with Gasteiger partial charge in [-0.25, -0.2) is 0 Å². The number of nitrogens with zero attached hydrogens (tertiary/aromatic N) is 2. The summed E-state index contributed by atoms with van der Waals surface area (Å²) >= 11 is 0. The number of anilines is 1. The predicted octanol–water partition coefficient (Wildman–Crippen LogP) is 4.17. The Morgan fingerprint density at radius 1 is 1.17 bits per heavy atom. The highest BCUT2D eigenvalue weighted by molar-refractivity contribution is 6.06. The molecule has 1 unspecified atom stereocenters. The number of nitrogens with one attached hydrogen (secondary N) is 2. The minimum atomic E-state index is -0.577. The zero-order chi connectivity index (χ0) is 20.8. The Morgan fingerprint density at radius 3 is 2.52 bits per heavy atom. The summed E-state index contributed by atoms with van der Waals surface area (Å²) in [4.78, 5) is 22.5. The zero-order valence-electron chi connectivity index (χ0n) is 16.1. The van der Waals surface area contributed by atoms with Crippen molar-refractivity contribution in [3.63, 3.8) is 0 Å². The van der Waals surface area contributed by atoms with Crippen LogP contribution in [0.5, 0.6) is 0 Å². The average Bonchev–Trinajstić information content (AvgIpc) is 2.74. The fraction of sp³-hybridized carbons (Fsp3) is 0.273. The number of carbonyl (C=O) groups is 1. The van der Waals surface area contributed by atoms with Gasteiger partial charge in [-0.05, 0) is 61.4 Å². The summed E-state index contributed by atoms with van der Waals surface area (Å²) in [6, 6.07) is 13.7. The second-order valence-electron chi connectivity index (χ2n) is 7.05. The van der Waals surface area contributed by atoms with Crippen LogP contribution in [0.15, 0.2) is 54.2 Å². The van der Waals surface area contributed by atoms with Crippen molar-refractivity contribution in [2.24, 2.45) is 0 Å². The van der Waals surface area contributed by atoms with Crippen LogP contribution in [0.2, 0.25) is 0 Å². The number of nitro groups is 1. The number of nitriles is 1. The van der Waals surface area contributed by atoms with Crippen LogP contribution in [-0.2, 0) is 17.6 Å². The Bertz CT molecular complexity index is 990. The van der Waals surface area contributed by atoms with Crippen molar-refractivity contribution in [1.29, 1.82) is 5.26 Å². The minimum absolute atomic E-state index is 0.0576. The van der Waals surface area contributed by atoms with Gasteiger partial charge < -0.3 is 10.6 Å². The third-order valence-corrected chi connectivity index (χ3v) is 5.05. The van der Waals surface area contributed by atoms with E-state index >= 15 is 0 Å². The Kier molecular flexibility index (Phi) is 6.25. The summed E-state index contributed by atoms with van der Waals surface area (Å²) < 4.78 is 0. The summed E-state index contributed by atoms with van der Waals surface area (Å²) in [6.07, 6.45) is 6.06. The van der Waals surface area contributed by atoms with Crippen LogP contribution in [-0.4, -0.2) is 10.8 Å². The molecular weight excluding hydrogens is 368 g/mol. The second kappa shape index (κ2) is 9.02. The van der Waals surface area contributed by atoms with E-state index in [0.717, 1.165) is 18.4 Å². The first-order valence-corrected chi connectivity index (χ1v) is 9.52. The van der Waals surface area contributed by atoms with Gasteiger partial charge in [0.2, 0.25) is 0 Å². The van der Waals surface area contributed by atoms with Gasteiger partial charge in [-0.15, -0.1) is 0 Å². The van der Waals surface area contributed by atoms with Gasteiger partial charge in [-0.2, -0.15) is 5.26 Å². The number of fused-ring (bicyclic) bond motifs is 1. The smallest absolute Gasteiger partial charge is 0.269 e. The second-order valence-corrected chi connectivity index (χ2v) is 7.05. The molecule has 1 aliphatic carbocycles. The fourth-order valence-corrected chi connectivity index (χ4v) is 3.34. The summed E-state index contributed by atoms with van der Waals surface area (Å²) in [5.74, 6) is -0.577. The Labute approximate surface area is 169 Å². The maximum Gasteiger partial charge on any atom is 0.269 e. The molecule has 0 bridgehead atoms. The molecule has 0 fully saturated rings. The first-order valence-electron chi connectivity index (χ1n) is 9.52. The topological polar surface area (TPSA) is 108 Å². The maximum atomic E-state index is 12.3. The molecule has 2 N–H and O–H groups in total. The normalized spacial score (nSPS) is 14.3. The summed E-state index contributed by atoms with van der Waals surface area (Å²) in [6.45, 7) is 1.98. The van der Waals surface area contributed by atoms with E-state index in [0.29, 0.717) is 5.69 Å². The van der Waals surface area contributed by atoms with Crippen molar-refractivity contribution < 1.29 is 9.72 Å². The third kappa shape index (κ3) is 4.99. The molecule has 0 aromatic heterocycles. The molecule has 1 aliphatic rings. The first-order chi connectivity index (χ1) is 14.0. The van der Waals surface area contributed by atoms with Crippen LogP contribution in [0, 0.1) is 21.4 Å². The molecule has 7 heteroatoms. The fourth-order valence-electron chi connectivity index (χ4n) is 3.34. The molecular formula is C22H22N4O3. The average molecular weight is 390 g/mol. The van der Waals surface area contributed by atoms with Crippen molar-refractivity contribution in [2.45, 2.75) is 38.6 Å². The number of nitro benzene ring substituents is 1. The zero-order valence-corrected chi connectivity index (χ0v) is 16.1. The third-order valence-electron chi connectivity index (χ3n) is 5.05. The molecule has 7 nitrogen and oxygen atoms in total. The maximum absolute atomic E-state index is 12.3. The van der Waals surface area contributed by atoms with Crippen LogP contribution >= 0.6 is 0 Å². The van der Waals surface area contributed by atoms with Crippen molar-refractivity contribution >= 4 is 17.3 Å². The summed E-state index contributed by atoms with van der Waals surface area (Å²) in [5.41, 5.74) is 4.12. The highest BCUT2D eigenvalue weighted by Gasteiger charge is 2.14. The molecule has 0 saturated carbocycles. The molecule has 3 rings (SSSR count). The summed E-state index contributed by atoms with van der Waals surface area (Å²) in [5, 5.41) is 25.7. The first kappa shape index (κ1) is 20.1. The van der Waals surface area contributed by atoms with E-state index in [-0.39, 0.29) is 17.3 Å². The number of hydrogen-bond donors (Lipinski definition) is 2. The lowest BCUT2D eigenvalue weighted by molar-refractivity contribution is -0.384. The lowest BCUT2D eigenvalue weighted by Gasteiger charge is -2.19. The Balaban J connectivity index is 1.65. The molecule has 0 saturated heterocycles. The lowest BCUT2D eigenvalue weighted by Crippen LogP contribution is -2.19. The number of aryl methyl sites for hydroxylation is 2. The van der Waals surface area contributed by atoms with Gasteiger partial charge in [0.25, 0.3) is 11.6 Å². The monoisotopic (exact) mass is 390 g/mol. The Hall–Kier alpha value is -3.66. The highest BCUT2D eigenvalue weighted by Crippen LogP contribution is 2.25. The van der Waals surface area contributed by atoms with E-state index in [1.807, 2.05) is 13.0 Å². The molecule has 0 heterocycles. The van der Waals surface area contributed by atoms with E-state index in [1.165, 1.54) is 54.4 Å².